The van der Waals surface area contributed by atoms with Crippen molar-refractivity contribution in [2.45, 2.75) is 31.8 Å². The van der Waals surface area contributed by atoms with Crippen molar-refractivity contribution >= 4 is 11.0 Å². The molecular weight excluding hydrogens is 236 g/mol. The molecule has 0 spiro atoms. The summed E-state index contributed by atoms with van der Waals surface area (Å²) in [6, 6.07) is 8.13. The SMILES string of the molecule is C#CCn1c(=O)n(C2CC=CCC2)c2ccccc21. The highest BCUT2D eigenvalue weighted by Gasteiger charge is 2.19. The Morgan fingerprint density at radius 1 is 1.26 bits per heavy atom. The number of fused-ring (bicyclic) bond motifs is 1. The first-order valence-electron chi connectivity index (χ1n) is 6.61. The Morgan fingerprint density at radius 3 is 2.74 bits per heavy atom. The van der Waals surface area contributed by atoms with Crippen molar-refractivity contribution in [2.24, 2.45) is 0 Å². The van der Waals surface area contributed by atoms with Crippen LogP contribution >= 0.6 is 0 Å². The van der Waals surface area contributed by atoms with Crippen LogP contribution < -0.4 is 5.69 Å². The molecule has 96 valence electrons. The zero-order valence-electron chi connectivity index (χ0n) is 10.7. The van der Waals surface area contributed by atoms with Gasteiger partial charge < -0.3 is 0 Å². The van der Waals surface area contributed by atoms with Crippen LogP contribution in [-0.4, -0.2) is 9.13 Å². The van der Waals surface area contributed by atoms with Crippen molar-refractivity contribution in [3.05, 3.63) is 46.9 Å². The van der Waals surface area contributed by atoms with Crippen LogP contribution in [0.4, 0.5) is 0 Å². The number of hydrogen-bond acceptors (Lipinski definition) is 1. The van der Waals surface area contributed by atoms with Crippen LogP contribution in [0.2, 0.25) is 0 Å². The van der Waals surface area contributed by atoms with Crippen LogP contribution in [0.25, 0.3) is 11.0 Å². The van der Waals surface area contributed by atoms with Gasteiger partial charge in [-0.1, -0.05) is 30.2 Å². The topological polar surface area (TPSA) is 26.9 Å². The summed E-state index contributed by atoms with van der Waals surface area (Å²) < 4.78 is 3.60. The molecule has 19 heavy (non-hydrogen) atoms. The van der Waals surface area contributed by atoms with E-state index in [0.29, 0.717) is 6.54 Å². The van der Waals surface area contributed by atoms with E-state index in [1.54, 1.807) is 4.57 Å². The molecule has 1 aromatic heterocycles. The van der Waals surface area contributed by atoms with Gasteiger partial charge in [-0.2, -0.15) is 0 Å². The van der Waals surface area contributed by atoms with E-state index in [-0.39, 0.29) is 11.7 Å². The third kappa shape index (κ3) is 1.90. The van der Waals surface area contributed by atoms with Gasteiger partial charge in [-0.05, 0) is 31.4 Å². The summed E-state index contributed by atoms with van der Waals surface area (Å²) in [5, 5.41) is 0. The smallest absolute Gasteiger partial charge is 0.289 e. The fourth-order valence-corrected chi connectivity index (χ4v) is 2.84. The van der Waals surface area contributed by atoms with Gasteiger partial charge in [0.1, 0.15) is 0 Å². The highest BCUT2D eigenvalue weighted by Crippen LogP contribution is 2.26. The maximum atomic E-state index is 12.6. The van der Waals surface area contributed by atoms with Crippen LogP contribution in [0.5, 0.6) is 0 Å². The lowest BCUT2D eigenvalue weighted by molar-refractivity contribution is 0.454. The highest BCUT2D eigenvalue weighted by molar-refractivity contribution is 5.76. The van der Waals surface area contributed by atoms with Crippen LogP contribution in [0.3, 0.4) is 0 Å². The molecule has 1 atom stereocenters. The van der Waals surface area contributed by atoms with Gasteiger partial charge in [0.15, 0.2) is 0 Å². The molecule has 0 saturated heterocycles. The number of allylic oxidation sites excluding steroid dienone is 2. The molecule has 0 fully saturated rings. The van der Waals surface area contributed by atoms with Crippen molar-refractivity contribution in [1.82, 2.24) is 9.13 Å². The van der Waals surface area contributed by atoms with Crippen LogP contribution in [0.1, 0.15) is 25.3 Å². The molecule has 0 aliphatic heterocycles. The summed E-state index contributed by atoms with van der Waals surface area (Å²) in [6.07, 6.45) is 12.7. The van der Waals surface area contributed by atoms with E-state index in [2.05, 4.69) is 18.1 Å². The second-order valence-corrected chi connectivity index (χ2v) is 4.87. The van der Waals surface area contributed by atoms with Gasteiger partial charge in [0.2, 0.25) is 0 Å². The Morgan fingerprint density at radius 2 is 2.05 bits per heavy atom. The van der Waals surface area contributed by atoms with E-state index in [0.717, 1.165) is 30.3 Å². The molecule has 1 heterocycles. The van der Waals surface area contributed by atoms with Gasteiger partial charge in [-0.25, -0.2) is 4.79 Å². The molecule has 0 saturated carbocycles. The van der Waals surface area contributed by atoms with Gasteiger partial charge in [-0.3, -0.25) is 9.13 Å². The second kappa shape index (κ2) is 4.81. The van der Waals surface area contributed by atoms with Gasteiger partial charge in [0.25, 0.3) is 0 Å². The Hall–Kier alpha value is -2.21. The molecular formula is C16H16N2O. The first kappa shape index (κ1) is 11.9. The number of rotatable bonds is 2. The second-order valence-electron chi connectivity index (χ2n) is 4.87. The third-order valence-electron chi connectivity index (χ3n) is 3.72. The molecule has 0 amide bonds. The van der Waals surface area contributed by atoms with Gasteiger partial charge in [-0.15, -0.1) is 6.42 Å². The third-order valence-corrected chi connectivity index (χ3v) is 3.72. The largest absolute Gasteiger partial charge is 0.330 e. The summed E-state index contributed by atoms with van der Waals surface area (Å²) in [7, 11) is 0. The van der Waals surface area contributed by atoms with Crippen molar-refractivity contribution in [3.63, 3.8) is 0 Å². The normalized spacial score (nSPS) is 18.6. The van der Waals surface area contributed by atoms with Gasteiger partial charge in [0, 0.05) is 6.04 Å². The molecule has 0 radical (unpaired) electrons. The molecule has 3 heteroatoms. The van der Waals surface area contributed by atoms with Crippen molar-refractivity contribution in [3.8, 4) is 12.3 Å². The average Bonchev–Trinajstić information content (AvgIpc) is 2.73. The maximum absolute atomic E-state index is 12.6. The molecule has 1 aromatic carbocycles. The van der Waals surface area contributed by atoms with Crippen LogP contribution in [-0.2, 0) is 6.54 Å². The van der Waals surface area contributed by atoms with E-state index in [1.807, 2.05) is 28.8 Å². The lowest BCUT2D eigenvalue weighted by atomic mass is 10.0. The minimum atomic E-state index is 0.0134. The quantitative estimate of drug-likeness (QED) is 0.596. The predicted octanol–water partition coefficient (Wildman–Crippen LogP) is 2.72. The minimum Gasteiger partial charge on any atom is -0.289 e. The van der Waals surface area contributed by atoms with Crippen molar-refractivity contribution < 1.29 is 0 Å². The molecule has 1 unspecified atom stereocenters. The van der Waals surface area contributed by atoms with Crippen LogP contribution in [0.15, 0.2) is 41.2 Å². The van der Waals surface area contributed by atoms with E-state index < -0.39 is 0 Å². The number of imidazole rings is 1. The molecule has 0 bridgehead atoms. The molecule has 3 rings (SSSR count). The van der Waals surface area contributed by atoms with Crippen molar-refractivity contribution in [2.75, 3.05) is 0 Å². The van der Waals surface area contributed by atoms with E-state index in [1.165, 1.54) is 0 Å². The zero-order chi connectivity index (χ0) is 13.2. The lowest BCUT2D eigenvalue weighted by Crippen LogP contribution is -2.27. The van der Waals surface area contributed by atoms with Gasteiger partial charge >= 0.3 is 5.69 Å². The van der Waals surface area contributed by atoms with E-state index in [9.17, 15) is 4.79 Å². The monoisotopic (exact) mass is 252 g/mol. The predicted molar refractivity (Wildman–Crippen MR) is 77.1 cm³/mol. The Labute approximate surface area is 112 Å². The number of aromatic nitrogens is 2. The summed E-state index contributed by atoms with van der Waals surface area (Å²) in [5.74, 6) is 2.57. The summed E-state index contributed by atoms with van der Waals surface area (Å²) in [5.41, 5.74) is 1.93. The molecule has 1 aliphatic carbocycles. The molecule has 1 aliphatic rings. The van der Waals surface area contributed by atoms with E-state index >= 15 is 0 Å². The van der Waals surface area contributed by atoms with Crippen molar-refractivity contribution in [1.29, 1.82) is 0 Å². The summed E-state index contributed by atoms with van der Waals surface area (Å²) in [4.78, 5) is 12.6. The maximum Gasteiger partial charge on any atom is 0.330 e. The van der Waals surface area contributed by atoms with Crippen LogP contribution in [0, 0.1) is 12.3 Å². The molecule has 2 aromatic rings. The fraction of sp³-hybridized carbons (Fsp3) is 0.312. The first-order chi connectivity index (χ1) is 9.33. The Balaban J connectivity index is 2.24. The van der Waals surface area contributed by atoms with Gasteiger partial charge in [0.05, 0.1) is 17.6 Å². The number of terminal acetylenes is 1. The fourth-order valence-electron chi connectivity index (χ4n) is 2.84. The summed E-state index contributed by atoms with van der Waals surface area (Å²) in [6.45, 7) is 0.328. The molecule has 3 nitrogen and oxygen atoms in total. The number of para-hydroxylation sites is 2. The summed E-state index contributed by atoms with van der Waals surface area (Å²) >= 11 is 0. The Bertz CT molecular complexity index is 727. The van der Waals surface area contributed by atoms with E-state index in [4.69, 9.17) is 6.42 Å². The number of hydrogen-bond donors (Lipinski definition) is 0. The average molecular weight is 252 g/mol. The molecule has 0 N–H and O–H groups in total. The number of benzene rings is 1. The minimum absolute atomic E-state index is 0.0134. The first-order valence-corrected chi connectivity index (χ1v) is 6.61. The zero-order valence-corrected chi connectivity index (χ0v) is 10.7. The Kier molecular flexibility index (Phi) is 3.00. The standard InChI is InChI=1S/C16H16N2O/c1-2-12-17-14-10-6-7-11-15(14)18(16(17)19)13-8-4-3-5-9-13/h1,3-4,6-7,10-11,13H,5,8-9,12H2. The number of nitrogens with zero attached hydrogens (tertiary/aromatic N) is 2. The lowest BCUT2D eigenvalue weighted by Gasteiger charge is -2.19. The highest BCUT2D eigenvalue weighted by atomic mass is 16.1.